The molecule has 1 atom stereocenters. The van der Waals surface area contributed by atoms with Crippen LogP contribution in [0.25, 0.3) is 0 Å². The third-order valence-electron chi connectivity index (χ3n) is 3.06. The van der Waals surface area contributed by atoms with Crippen molar-refractivity contribution in [3.8, 4) is 0 Å². The Hall–Kier alpha value is 0.0600. The van der Waals surface area contributed by atoms with E-state index in [0.29, 0.717) is 6.04 Å². The Labute approximate surface area is 109 Å². The lowest BCUT2D eigenvalue weighted by atomic mass is 10.1. The second kappa shape index (κ2) is 5.60. The van der Waals surface area contributed by atoms with E-state index >= 15 is 0 Å². The first-order valence-electron chi connectivity index (χ1n) is 5.54. The number of nitrogens with zero attached hydrogens (tertiary/aromatic N) is 2. The molecule has 0 bridgehead atoms. The van der Waals surface area contributed by atoms with E-state index in [1.807, 2.05) is 11.3 Å². The summed E-state index contributed by atoms with van der Waals surface area (Å²) in [5, 5.41) is 2.14. The molecule has 5 heteroatoms. The summed E-state index contributed by atoms with van der Waals surface area (Å²) in [6, 6.07) is 2.70. The molecule has 16 heavy (non-hydrogen) atoms. The van der Waals surface area contributed by atoms with Gasteiger partial charge in [0.05, 0.1) is 0 Å². The normalized spacial score (nSPS) is 23.8. The van der Waals surface area contributed by atoms with Crippen LogP contribution in [-0.2, 0) is 6.54 Å². The van der Waals surface area contributed by atoms with E-state index in [-0.39, 0.29) is 0 Å². The molecule has 0 saturated carbocycles. The average molecular weight is 304 g/mol. The SMILES string of the molecule is CN1CCN(Cc2cc(Br)cs2)C(CN)C1. The standard InChI is InChI=1S/C11H18BrN3S/c1-14-2-3-15(10(5-13)6-14)7-11-4-9(12)8-16-11/h4,8,10H,2-3,5-7,13H2,1H3. The molecule has 2 heterocycles. The smallest absolute Gasteiger partial charge is 0.0349 e. The summed E-state index contributed by atoms with van der Waals surface area (Å²) in [5.41, 5.74) is 5.84. The quantitative estimate of drug-likeness (QED) is 0.920. The highest BCUT2D eigenvalue weighted by atomic mass is 79.9. The molecule has 1 aromatic rings. The van der Waals surface area contributed by atoms with Crippen molar-refractivity contribution in [1.82, 2.24) is 9.80 Å². The molecule has 0 spiro atoms. The molecule has 1 aromatic heterocycles. The molecule has 1 aliphatic rings. The number of piperazine rings is 1. The van der Waals surface area contributed by atoms with Crippen LogP contribution in [0.3, 0.4) is 0 Å². The number of hydrogen-bond acceptors (Lipinski definition) is 4. The van der Waals surface area contributed by atoms with Crippen LogP contribution in [0.2, 0.25) is 0 Å². The van der Waals surface area contributed by atoms with Gasteiger partial charge in [0.2, 0.25) is 0 Å². The number of rotatable bonds is 3. The lowest BCUT2D eigenvalue weighted by Gasteiger charge is -2.39. The highest BCUT2D eigenvalue weighted by Gasteiger charge is 2.24. The topological polar surface area (TPSA) is 32.5 Å². The molecule has 1 saturated heterocycles. The molecular weight excluding hydrogens is 286 g/mol. The van der Waals surface area contributed by atoms with Crippen LogP contribution in [0.4, 0.5) is 0 Å². The number of likely N-dealkylation sites (N-methyl/N-ethyl adjacent to an activating group) is 1. The molecule has 0 aromatic carbocycles. The fourth-order valence-corrected chi connectivity index (χ4v) is 3.59. The predicted molar refractivity (Wildman–Crippen MR) is 72.8 cm³/mol. The molecular formula is C11H18BrN3S. The van der Waals surface area contributed by atoms with Gasteiger partial charge < -0.3 is 10.6 Å². The van der Waals surface area contributed by atoms with Crippen LogP contribution < -0.4 is 5.73 Å². The van der Waals surface area contributed by atoms with Crippen LogP contribution in [0.1, 0.15) is 4.88 Å². The summed E-state index contributed by atoms with van der Waals surface area (Å²) < 4.78 is 1.19. The summed E-state index contributed by atoms with van der Waals surface area (Å²) in [5.74, 6) is 0. The van der Waals surface area contributed by atoms with E-state index in [0.717, 1.165) is 32.7 Å². The Morgan fingerprint density at radius 2 is 2.38 bits per heavy atom. The van der Waals surface area contributed by atoms with Crippen molar-refractivity contribution < 1.29 is 0 Å². The number of nitrogens with two attached hydrogens (primary N) is 1. The minimum Gasteiger partial charge on any atom is -0.329 e. The fourth-order valence-electron chi connectivity index (χ4n) is 2.12. The summed E-state index contributed by atoms with van der Waals surface area (Å²) in [6.45, 7) is 5.13. The maximum atomic E-state index is 5.84. The Morgan fingerprint density at radius 3 is 3.00 bits per heavy atom. The van der Waals surface area contributed by atoms with E-state index < -0.39 is 0 Å². The number of thiophene rings is 1. The van der Waals surface area contributed by atoms with E-state index in [1.165, 1.54) is 9.35 Å². The van der Waals surface area contributed by atoms with Crippen LogP contribution in [0, 0.1) is 0 Å². The minimum atomic E-state index is 0.500. The van der Waals surface area contributed by atoms with Crippen molar-refractivity contribution in [3.63, 3.8) is 0 Å². The number of hydrogen-bond donors (Lipinski definition) is 1. The van der Waals surface area contributed by atoms with Crippen molar-refractivity contribution in [1.29, 1.82) is 0 Å². The van der Waals surface area contributed by atoms with Gasteiger partial charge in [-0.2, -0.15) is 0 Å². The van der Waals surface area contributed by atoms with Gasteiger partial charge in [0.15, 0.2) is 0 Å². The molecule has 1 aliphatic heterocycles. The predicted octanol–water partition coefficient (Wildman–Crippen LogP) is 1.59. The van der Waals surface area contributed by atoms with Gasteiger partial charge in [0.25, 0.3) is 0 Å². The van der Waals surface area contributed by atoms with Gasteiger partial charge in [0, 0.05) is 53.5 Å². The Morgan fingerprint density at radius 1 is 1.56 bits per heavy atom. The molecule has 90 valence electrons. The Bertz CT molecular complexity index is 342. The van der Waals surface area contributed by atoms with Crippen molar-refractivity contribution in [2.45, 2.75) is 12.6 Å². The molecule has 0 amide bonds. The van der Waals surface area contributed by atoms with Gasteiger partial charge in [-0.05, 0) is 29.0 Å². The Balaban J connectivity index is 1.97. The molecule has 3 nitrogen and oxygen atoms in total. The van der Waals surface area contributed by atoms with Crippen molar-refractivity contribution in [3.05, 3.63) is 20.8 Å². The van der Waals surface area contributed by atoms with E-state index in [2.05, 4.69) is 44.2 Å². The van der Waals surface area contributed by atoms with Gasteiger partial charge >= 0.3 is 0 Å². The van der Waals surface area contributed by atoms with E-state index in [1.54, 1.807) is 0 Å². The summed E-state index contributed by atoms with van der Waals surface area (Å²) >= 11 is 5.31. The summed E-state index contributed by atoms with van der Waals surface area (Å²) in [4.78, 5) is 6.27. The third kappa shape index (κ3) is 3.05. The zero-order valence-electron chi connectivity index (χ0n) is 9.53. The maximum absolute atomic E-state index is 5.84. The first kappa shape index (κ1) is 12.5. The summed E-state index contributed by atoms with van der Waals surface area (Å²) in [6.07, 6.45) is 0. The lowest BCUT2D eigenvalue weighted by Crippen LogP contribution is -2.54. The van der Waals surface area contributed by atoms with Crippen LogP contribution in [-0.4, -0.2) is 49.1 Å². The van der Waals surface area contributed by atoms with Gasteiger partial charge in [0.1, 0.15) is 0 Å². The largest absolute Gasteiger partial charge is 0.329 e. The van der Waals surface area contributed by atoms with Gasteiger partial charge in [-0.15, -0.1) is 11.3 Å². The van der Waals surface area contributed by atoms with Crippen LogP contribution in [0.15, 0.2) is 15.9 Å². The molecule has 1 unspecified atom stereocenters. The second-order valence-electron chi connectivity index (χ2n) is 4.35. The van der Waals surface area contributed by atoms with Crippen molar-refractivity contribution in [2.75, 3.05) is 33.2 Å². The van der Waals surface area contributed by atoms with Crippen LogP contribution in [0.5, 0.6) is 0 Å². The fraction of sp³-hybridized carbons (Fsp3) is 0.636. The van der Waals surface area contributed by atoms with Crippen molar-refractivity contribution in [2.24, 2.45) is 5.73 Å². The first-order valence-corrected chi connectivity index (χ1v) is 7.22. The Kier molecular flexibility index (Phi) is 4.38. The maximum Gasteiger partial charge on any atom is 0.0349 e. The second-order valence-corrected chi connectivity index (χ2v) is 6.26. The number of halogens is 1. The third-order valence-corrected chi connectivity index (χ3v) is 4.74. The highest BCUT2D eigenvalue weighted by Crippen LogP contribution is 2.22. The zero-order valence-corrected chi connectivity index (χ0v) is 11.9. The zero-order chi connectivity index (χ0) is 11.5. The lowest BCUT2D eigenvalue weighted by molar-refractivity contribution is 0.0890. The van der Waals surface area contributed by atoms with Gasteiger partial charge in [-0.25, -0.2) is 0 Å². The van der Waals surface area contributed by atoms with Crippen molar-refractivity contribution >= 4 is 27.3 Å². The van der Waals surface area contributed by atoms with Gasteiger partial charge in [-0.1, -0.05) is 0 Å². The molecule has 0 aliphatic carbocycles. The molecule has 1 fully saturated rings. The molecule has 2 rings (SSSR count). The van der Waals surface area contributed by atoms with E-state index in [9.17, 15) is 0 Å². The van der Waals surface area contributed by atoms with E-state index in [4.69, 9.17) is 5.73 Å². The average Bonchev–Trinajstić information content (AvgIpc) is 2.67. The molecule has 0 radical (unpaired) electrons. The van der Waals surface area contributed by atoms with Gasteiger partial charge in [-0.3, -0.25) is 4.90 Å². The highest BCUT2D eigenvalue weighted by molar-refractivity contribution is 9.10. The minimum absolute atomic E-state index is 0.500. The first-order chi connectivity index (χ1) is 7.69. The summed E-state index contributed by atoms with van der Waals surface area (Å²) in [7, 11) is 2.17. The molecule has 2 N–H and O–H groups in total. The van der Waals surface area contributed by atoms with Crippen LogP contribution >= 0.6 is 27.3 Å². The monoisotopic (exact) mass is 303 g/mol.